The molecule has 1 heterocycles. The number of pyridine rings is 1. The van der Waals surface area contributed by atoms with Crippen LogP contribution in [-0.2, 0) is 10.0 Å². The number of aromatic nitrogens is 1. The summed E-state index contributed by atoms with van der Waals surface area (Å²) in [6, 6.07) is 5.88. The zero-order valence-electron chi connectivity index (χ0n) is 10.3. The van der Waals surface area contributed by atoms with Gasteiger partial charge in [-0.3, -0.25) is 4.72 Å². The highest BCUT2D eigenvalue weighted by molar-refractivity contribution is 7.92. The van der Waals surface area contributed by atoms with Gasteiger partial charge in [0.15, 0.2) is 0 Å². The van der Waals surface area contributed by atoms with Crippen molar-refractivity contribution in [2.45, 2.75) is 4.90 Å². The molecule has 21 heavy (non-hydrogen) atoms. The maximum Gasteiger partial charge on any atom is 0.335 e. The van der Waals surface area contributed by atoms with Crippen molar-refractivity contribution in [2.24, 2.45) is 0 Å². The van der Waals surface area contributed by atoms with Crippen molar-refractivity contribution < 1.29 is 23.4 Å². The first-order chi connectivity index (χ1) is 9.81. The van der Waals surface area contributed by atoms with Gasteiger partial charge < -0.3 is 10.2 Å². The predicted molar refractivity (Wildman–Crippen MR) is 75.1 cm³/mol. The van der Waals surface area contributed by atoms with E-state index in [2.05, 4.69) is 9.71 Å². The molecule has 9 heteroatoms. The molecule has 0 aliphatic heterocycles. The van der Waals surface area contributed by atoms with Crippen LogP contribution in [0.3, 0.4) is 0 Å². The Hall–Kier alpha value is -2.32. The van der Waals surface area contributed by atoms with Gasteiger partial charge in [0.1, 0.15) is 15.8 Å². The van der Waals surface area contributed by atoms with Gasteiger partial charge in [-0.25, -0.2) is 18.2 Å². The molecule has 0 aliphatic carbocycles. The molecule has 0 fully saturated rings. The van der Waals surface area contributed by atoms with Gasteiger partial charge in [-0.1, -0.05) is 11.6 Å². The summed E-state index contributed by atoms with van der Waals surface area (Å²) < 4.78 is 26.4. The van der Waals surface area contributed by atoms with E-state index in [1.807, 2.05) is 0 Å². The van der Waals surface area contributed by atoms with E-state index in [1.54, 1.807) is 0 Å². The van der Waals surface area contributed by atoms with Crippen LogP contribution in [-0.4, -0.2) is 29.6 Å². The summed E-state index contributed by atoms with van der Waals surface area (Å²) in [4.78, 5) is 14.1. The smallest absolute Gasteiger partial charge is 0.335 e. The highest BCUT2D eigenvalue weighted by Gasteiger charge is 2.20. The Morgan fingerprint density at radius 3 is 2.57 bits per heavy atom. The number of rotatable bonds is 4. The van der Waals surface area contributed by atoms with Crippen LogP contribution in [0.2, 0.25) is 5.15 Å². The van der Waals surface area contributed by atoms with E-state index in [9.17, 15) is 18.3 Å². The van der Waals surface area contributed by atoms with Gasteiger partial charge in [0.05, 0.1) is 11.3 Å². The average Bonchev–Trinajstić information content (AvgIpc) is 2.41. The molecular weight excluding hydrogens is 320 g/mol. The molecule has 0 bridgehead atoms. The van der Waals surface area contributed by atoms with Crippen LogP contribution in [0.5, 0.6) is 5.75 Å². The minimum absolute atomic E-state index is 0.167. The lowest BCUT2D eigenvalue weighted by Crippen LogP contribution is -2.14. The van der Waals surface area contributed by atoms with Crippen LogP contribution in [0.15, 0.2) is 41.4 Å². The Morgan fingerprint density at radius 2 is 2.00 bits per heavy atom. The topological polar surface area (TPSA) is 117 Å². The number of nitrogens with zero attached hydrogens (tertiary/aromatic N) is 1. The second-order valence-corrected chi connectivity index (χ2v) is 5.94. The van der Waals surface area contributed by atoms with Gasteiger partial charge in [0.25, 0.3) is 10.0 Å². The molecular formula is C12H9ClN2O5S. The number of aromatic carboxylic acids is 1. The van der Waals surface area contributed by atoms with Gasteiger partial charge in [-0.05, 0) is 30.3 Å². The number of anilines is 1. The molecule has 3 N–H and O–H groups in total. The predicted octanol–water partition coefficient (Wildman–Crippen LogP) is 1.94. The number of phenolic OH excluding ortho intramolecular Hbond substituents is 1. The summed E-state index contributed by atoms with van der Waals surface area (Å²) in [6.07, 6.45) is 1.33. The number of phenols is 1. The van der Waals surface area contributed by atoms with E-state index in [1.165, 1.54) is 18.3 Å². The van der Waals surface area contributed by atoms with Crippen LogP contribution in [0.1, 0.15) is 10.4 Å². The van der Waals surface area contributed by atoms with Crippen molar-refractivity contribution in [2.75, 3.05) is 4.72 Å². The molecule has 0 radical (unpaired) electrons. The number of halogens is 1. The molecule has 2 rings (SSSR count). The van der Waals surface area contributed by atoms with Crippen LogP contribution >= 0.6 is 11.6 Å². The van der Waals surface area contributed by atoms with E-state index in [0.29, 0.717) is 0 Å². The number of hydrogen-bond acceptors (Lipinski definition) is 5. The SMILES string of the molecule is O=C(O)c1ccc(NS(=O)(=O)c2cccnc2Cl)c(O)c1. The van der Waals surface area contributed by atoms with Crippen molar-refractivity contribution in [1.29, 1.82) is 0 Å². The monoisotopic (exact) mass is 328 g/mol. The molecule has 110 valence electrons. The van der Waals surface area contributed by atoms with Crippen molar-refractivity contribution in [1.82, 2.24) is 4.98 Å². The maximum atomic E-state index is 12.1. The molecule has 0 saturated carbocycles. The first-order valence-corrected chi connectivity index (χ1v) is 7.37. The number of nitrogens with one attached hydrogen (secondary N) is 1. The van der Waals surface area contributed by atoms with Gasteiger partial charge in [0.2, 0.25) is 0 Å². The fourth-order valence-corrected chi connectivity index (χ4v) is 3.05. The van der Waals surface area contributed by atoms with Crippen molar-refractivity contribution >= 4 is 33.3 Å². The van der Waals surface area contributed by atoms with Crippen molar-refractivity contribution in [3.63, 3.8) is 0 Å². The van der Waals surface area contributed by atoms with Gasteiger partial charge in [0, 0.05) is 6.20 Å². The van der Waals surface area contributed by atoms with E-state index < -0.39 is 21.7 Å². The molecule has 1 aromatic heterocycles. The highest BCUT2D eigenvalue weighted by atomic mass is 35.5. The normalized spacial score (nSPS) is 11.1. The molecule has 0 amide bonds. The summed E-state index contributed by atoms with van der Waals surface area (Å²) in [5.41, 5.74) is -0.338. The number of hydrogen-bond donors (Lipinski definition) is 3. The van der Waals surface area contributed by atoms with E-state index in [-0.39, 0.29) is 21.3 Å². The third-order valence-electron chi connectivity index (χ3n) is 2.50. The molecule has 2 aromatic rings. The fraction of sp³-hybridized carbons (Fsp3) is 0. The Balaban J connectivity index is 2.38. The van der Waals surface area contributed by atoms with Crippen LogP contribution < -0.4 is 4.72 Å². The number of benzene rings is 1. The molecule has 7 nitrogen and oxygen atoms in total. The van der Waals surface area contributed by atoms with Crippen molar-refractivity contribution in [3.8, 4) is 5.75 Å². The Labute approximate surface area is 124 Å². The molecule has 1 aromatic carbocycles. The Bertz CT molecular complexity index is 807. The lowest BCUT2D eigenvalue weighted by molar-refractivity contribution is 0.0696. The second-order valence-electron chi connectivity index (χ2n) is 3.93. The number of carbonyl (C=O) groups is 1. The number of carboxylic acids is 1. The van der Waals surface area contributed by atoms with E-state index >= 15 is 0 Å². The van der Waals surface area contributed by atoms with Crippen LogP contribution in [0.25, 0.3) is 0 Å². The summed E-state index contributed by atoms with van der Waals surface area (Å²) in [5.74, 6) is -1.76. The number of aromatic hydroxyl groups is 1. The summed E-state index contributed by atoms with van der Waals surface area (Å²) in [6.45, 7) is 0. The fourth-order valence-electron chi connectivity index (χ4n) is 1.52. The van der Waals surface area contributed by atoms with Crippen molar-refractivity contribution in [3.05, 3.63) is 47.2 Å². The summed E-state index contributed by atoms with van der Waals surface area (Å²) >= 11 is 5.71. The van der Waals surface area contributed by atoms with Gasteiger partial charge >= 0.3 is 5.97 Å². The first-order valence-electron chi connectivity index (χ1n) is 5.51. The third-order valence-corrected chi connectivity index (χ3v) is 4.31. The minimum atomic E-state index is -4.05. The average molecular weight is 329 g/mol. The molecule has 0 spiro atoms. The Morgan fingerprint density at radius 1 is 1.29 bits per heavy atom. The van der Waals surface area contributed by atoms with E-state index in [0.717, 1.165) is 18.2 Å². The zero-order chi connectivity index (χ0) is 15.6. The summed E-state index contributed by atoms with van der Waals surface area (Å²) in [7, 11) is -4.05. The zero-order valence-corrected chi connectivity index (χ0v) is 11.9. The van der Waals surface area contributed by atoms with Gasteiger partial charge in [-0.15, -0.1) is 0 Å². The first kappa shape index (κ1) is 15.1. The molecule has 0 atom stereocenters. The standard InChI is InChI=1S/C12H9ClN2O5S/c13-11-10(2-1-5-14-11)21(19,20)15-8-4-3-7(12(17)18)6-9(8)16/h1-6,15-16H,(H,17,18). The molecule has 0 aliphatic rings. The maximum absolute atomic E-state index is 12.1. The Kier molecular flexibility index (Phi) is 4.01. The second kappa shape index (κ2) is 5.58. The lowest BCUT2D eigenvalue weighted by Gasteiger charge is -2.10. The van der Waals surface area contributed by atoms with Crippen LogP contribution in [0, 0.1) is 0 Å². The number of sulfonamides is 1. The third kappa shape index (κ3) is 3.23. The van der Waals surface area contributed by atoms with E-state index in [4.69, 9.17) is 16.7 Å². The van der Waals surface area contributed by atoms with Crippen LogP contribution in [0.4, 0.5) is 5.69 Å². The highest BCUT2D eigenvalue weighted by Crippen LogP contribution is 2.28. The lowest BCUT2D eigenvalue weighted by atomic mass is 10.2. The van der Waals surface area contributed by atoms with Gasteiger partial charge in [-0.2, -0.15) is 0 Å². The quantitative estimate of drug-likeness (QED) is 0.583. The minimum Gasteiger partial charge on any atom is -0.506 e. The molecule has 0 saturated heterocycles. The molecule has 0 unspecified atom stereocenters. The largest absolute Gasteiger partial charge is 0.506 e. The number of carboxylic acid groups (broad SMARTS) is 1. The summed E-state index contributed by atoms with van der Waals surface area (Å²) in [5, 5.41) is 18.2.